The Labute approximate surface area is 53.8 Å². The van der Waals surface area contributed by atoms with E-state index < -0.39 is 8.53 Å². The van der Waals surface area contributed by atoms with Crippen molar-refractivity contribution in [1.82, 2.24) is 10.4 Å². The SMILES string of the molecule is OP(O)NC1=NCCN1. The van der Waals surface area contributed by atoms with Crippen LogP contribution in [0.4, 0.5) is 0 Å². The van der Waals surface area contributed by atoms with Crippen LogP contribution in [0, 0.1) is 0 Å². The minimum atomic E-state index is -2.05. The Hall–Kier alpha value is -0.380. The predicted octanol–water partition coefficient (Wildman–Crippen LogP) is -1.25. The van der Waals surface area contributed by atoms with E-state index in [9.17, 15) is 0 Å². The van der Waals surface area contributed by atoms with Crippen LogP contribution in [0.3, 0.4) is 0 Å². The zero-order chi connectivity index (χ0) is 6.69. The van der Waals surface area contributed by atoms with Crippen molar-refractivity contribution in [2.24, 2.45) is 4.99 Å². The highest BCUT2D eigenvalue weighted by atomic mass is 31.2. The number of nitrogens with one attached hydrogen (secondary N) is 2. The van der Waals surface area contributed by atoms with E-state index in [1.54, 1.807) is 0 Å². The third kappa shape index (κ3) is 2.13. The fourth-order valence-corrected chi connectivity index (χ4v) is 0.907. The van der Waals surface area contributed by atoms with E-state index in [4.69, 9.17) is 9.79 Å². The molecule has 1 heterocycles. The van der Waals surface area contributed by atoms with E-state index in [1.165, 1.54) is 0 Å². The van der Waals surface area contributed by atoms with Gasteiger partial charge in [-0.05, 0) is 0 Å². The Morgan fingerprint density at radius 2 is 2.44 bits per heavy atom. The van der Waals surface area contributed by atoms with Crippen LogP contribution >= 0.6 is 8.53 Å². The van der Waals surface area contributed by atoms with Gasteiger partial charge in [-0.2, -0.15) is 0 Å². The number of hydrogen-bond donors (Lipinski definition) is 4. The summed E-state index contributed by atoms with van der Waals surface area (Å²) in [6.07, 6.45) is 0. The molecule has 52 valence electrons. The topological polar surface area (TPSA) is 76.9 Å². The maximum absolute atomic E-state index is 8.40. The Morgan fingerprint density at radius 1 is 1.67 bits per heavy atom. The highest BCUT2D eigenvalue weighted by molar-refractivity contribution is 7.43. The second-order valence-electron chi connectivity index (χ2n) is 1.56. The lowest BCUT2D eigenvalue weighted by atomic mass is 10.7. The molecule has 4 N–H and O–H groups in total. The Bertz CT molecular complexity index is 126. The molecule has 0 fully saturated rings. The highest BCUT2D eigenvalue weighted by Crippen LogP contribution is 2.14. The standard InChI is InChI=1S/C3H8N3O2P/c7-9(8)6-3-4-1-2-5-3/h7-8H,1-2H2,(H2,4,5,6). The molecule has 0 radical (unpaired) electrons. The van der Waals surface area contributed by atoms with Gasteiger partial charge in [0, 0.05) is 6.54 Å². The first-order valence-electron chi connectivity index (χ1n) is 2.52. The number of hydrogen-bond acceptors (Lipinski definition) is 5. The smallest absolute Gasteiger partial charge is 0.283 e. The van der Waals surface area contributed by atoms with Crippen molar-refractivity contribution in [1.29, 1.82) is 0 Å². The molecule has 0 aromatic rings. The van der Waals surface area contributed by atoms with Gasteiger partial charge in [-0.15, -0.1) is 0 Å². The van der Waals surface area contributed by atoms with Crippen LogP contribution in [-0.4, -0.2) is 28.8 Å². The summed E-state index contributed by atoms with van der Waals surface area (Å²) >= 11 is 0. The zero-order valence-electron chi connectivity index (χ0n) is 4.70. The molecule has 0 saturated carbocycles. The van der Waals surface area contributed by atoms with Crippen LogP contribution in [0.5, 0.6) is 0 Å². The molecule has 0 atom stereocenters. The molecule has 0 saturated heterocycles. The van der Waals surface area contributed by atoms with Crippen LogP contribution in [0.1, 0.15) is 0 Å². The van der Waals surface area contributed by atoms with E-state index in [1.807, 2.05) is 0 Å². The highest BCUT2D eigenvalue weighted by Gasteiger charge is 2.06. The van der Waals surface area contributed by atoms with Gasteiger partial charge in [0.15, 0.2) is 5.96 Å². The molecule has 0 amide bonds. The molecule has 0 spiro atoms. The van der Waals surface area contributed by atoms with Gasteiger partial charge >= 0.3 is 0 Å². The van der Waals surface area contributed by atoms with E-state index in [0.717, 1.165) is 6.54 Å². The van der Waals surface area contributed by atoms with Gasteiger partial charge < -0.3 is 15.1 Å². The molecular weight excluding hydrogens is 141 g/mol. The second-order valence-corrected chi connectivity index (χ2v) is 2.36. The number of aliphatic imine (C=N–C) groups is 1. The van der Waals surface area contributed by atoms with Gasteiger partial charge in [0.05, 0.1) is 6.54 Å². The first kappa shape index (κ1) is 6.74. The minimum absolute atomic E-state index is 0.478. The van der Waals surface area contributed by atoms with Crippen LogP contribution in [0.2, 0.25) is 0 Å². The van der Waals surface area contributed by atoms with Crippen LogP contribution in [0.15, 0.2) is 4.99 Å². The third-order valence-electron chi connectivity index (χ3n) is 0.880. The lowest BCUT2D eigenvalue weighted by molar-refractivity contribution is 0.476. The van der Waals surface area contributed by atoms with Crippen LogP contribution in [-0.2, 0) is 0 Å². The number of rotatable bonds is 1. The van der Waals surface area contributed by atoms with Gasteiger partial charge in [-0.3, -0.25) is 10.1 Å². The molecule has 0 aliphatic carbocycles. The summed E-state index contributed by atoms with van der Waals surface area (Å²) in [6, 6.07) is 0. The van der Waals surface area contributed by atoms with Gasteiger partial charge in [-0.25, -0.2) is 0 Å². The molecule has 1 aliphatic heterocycles. The first-order valence-corrected chi connectivity index (χ1v) is 3.76. The summed E-state index contributed by atoms with van der Waals surface area (Å²) < 4.78 is 0. The molecule has 1 rings (SSSR count). The van der Waals surface area contributed by atoms with Crippen molar-refractivity contribution in [3.8, 4) is 0 Å². The number of guanidine groups is 1. The summed E-state index contributed by atoms with van der Waals surface area (Å²) in [7, 11) is -2.05. The van der Waals surface area contributed by atoms with Crippen molar-refractivity contribution in [2.75, 3.05) is 13.1 Å². The summed E-state index contributed by atoms with van der Waals surface area (Å²) in [5.74, 6) is 0.478. The van der Waals surface area contributed by atoms with Crippen molar-refractivity contribution >= 4 is 14.5 Å². The molecule has 0 unspecified atom stereocenters. The van der Waals surface area contributed by atoms with Crippen LogP contribution < -0.4 is 10.4 Å². The van der Waals surface area contributed by atoms with E-state index in [-0.39, 0.29) is 0 Å². The van der Waals surface area contributed by atoms with Crippen molar-refractivity contribution < 1.29 is 9.79 Å². The van der Waals surface area contributed by atoms with E-state index in [0.29, 0.717) is 12.5 Å². The fraction of sp³-hybridized carbons (Fsp3) is 0.667. The summed E-state index contributed by atoms with van der Waals surface area (Å²) in [6.45, 7) is 1.47. The largest absolute Gasteiger partial charge is 0.354 e. The van der Waals surface area contributed by atoms with Gasteiger partial charge in [0.1, 0.15) is 0 Å². The monoisotopic (exact) mass is 149 g/mol. The Kier molecular flexibility index (Phi) is 2.22. The molecule has 0 aromatic heterocycles. The number of nitrogens with zero attached hydrogens (tertiary/aromatic N) is 1. The normalized spacial score (nSPS) is 17.4. The molecule has 5 nitrogen and oxygen atoms in total. The molecule has 9 heavy (non-hydrogen) atoms. The maximum atomic E-state index is 8.40. The third-order valence-corrected chi connectivity index (χ3v) is 1.29. The van der Waals surface area contributed by atoms with E-state index >= 15 is 0 Å². The van der Waals surface area contributed by atoms with Crippen molar-refractivity contribution in [3.63, 3.8) is 0 Å². The lowest BCUT2D eigenvalue weighted by Crippen LogP contribution is -2.29. The lowest BCUT2D eigenvalue weighted by Gasteiger charge is -2.04. The molecule has 0 aromatic carbocycles. The van der Waals surface area contributed by atoms with Gasteiger partial charge in [0.2, 0.25) is 0 Å². The van der Waals surface area contributed by atoms with Gasteiger partial charge in [0.25, 0.3) is 8.53 Å². The molecule has 1 aliphatic rings. The minimum Gasteiger partial charge on any atom is -0.354 e. The van der Waals surface area contributed by atoms with Crippen molar-refractivity contribution in [2.45, 2.75) is 0 Å². The van der Waals surface area contributed by atoms with Gasteiger partial charge in [-0.1, -0.05) is 0 Å². The molecule has 6 heteroatoms. The first-order chi connectivity index (χ1) is 4.29. The van der Waals surface area contributed by atoms with Crippen molar-refractivity contribution in [3.05, 3.63) is 0 Å². The summed E-state index contributed by atoms with van der Waals surface area (Å²) in [4.78, 5) is 20.7. The zero-order valence-corrected chi connectivity index (χ0v) is 5.60. The second kappa shape index (κ2) is 2.96. The quantitative estimate of drug-likeness (QED) is 0.351. The average molecular weight is 149 g/mol. The summed E-state index contributed by atoms with van der Waals surface area (Å²) in [5.41, 5.74) is 0. The maximum Gasteiger partial charge on any atom is 0.283 e. The Balaban J connectivity index is 2.26. The average Bonchev–Trinajstić information content (AvgIpc) is 2.15. The van der Waals surface area contributed by atoms with Crippen LogP contribution in [0.25, 0.3) is 0 Å². The fourth-order valence-electron chi connectivity index (χ4n) is 0.568. The van der Waals surface area contributed by atoms with E-state index in [2.05, 4.69) is 15.4 Å². The molecule has 0 bridgehead atoms. The molecular formula is C3H8N3O2P. The summed E-state index contributed by atoms with van der Waals surface area (Å²) in [5, 5.41) is 5.18. The Morgan fingerprint density at radius 3 is 2.89 bits per heavy atom. The predicted molar refractivity (Wildman–Crippen MR) is 34.8 cm³/mol.